The molecule has 0 saturated carbocycles. The van der Waals surface area contributed by atoms with Gasteiger partial charge in [0.25, 0.3) is 5.91 Å². The quantitative estimate of drug-likeness (QED) is 0.783. The van der Waals surface area contributed by atoms with Crippen molar-refractivity contribution < 1.29 is 19.4 Å². The second kappa shape index (κ2) is 7.32. The number of nitrogens with one attached hydrogen (secondary N) is 1. The van der Waals surface area contributed by atoms with Crippen LogP contribution in [0.15, 0.2) is 18.2 Å². The topological polar surface area (TPSA) is 82.1 Å². The number of ether oxygens (including phenoxy) is 1. The first-order chi connectivity index (χ1) is 10.9. The average molecular weight is 321 g/mol. The molecule has 1 aliphatic heterocycles. The van der Waals surface area contributed by atoms with Crippen LogP contribution >= 0.6 is 0 Å². The van der Waals surface area contributed by atoms with E-state index in [1.165, 1.54) is 0 Å². The number of hydrogen-bond donors (Lipinski definition) is 2. The van der Waals surface area contributed by atoms with Gasteiger partial charge in [-0.05, 0) is 32.3 Å². The summed E-state index contributed by atoms with van der Waals surface area (Å²) in [6, 6.07) is 5.46. The molecule has 0 aliphatic carbocycles. The highest BCUT2D eigenvalue weighted by Gasteiger charge is 2.25. The molecule has 2 rings (SSSR count). The van der Waals surface area contributed by atoms with Crippen molar-refractivity contribution in [1.82, 2.24) is 4.90 Å². The van der Waals surface area contributed by atoms with E-state index in [0.717, 1.165) is 17.9 Å². The first-order valence-electron chi connectivity index (χ1n) is 7.57. The number of aliphatic carboxylic acids is 1. The number of carbonyl (C=O) groups excluding carboxylic acids is 1. The van der Waals surface area contributed by atoms with E-state index in [4.69, 9.17) is 9.84 Å². The molecule has 0 bridgehead atoms. The van der Waals surface area contributed by atoms with Crippen LogP contribution in [0.4, 0.5) is 11.4 Å². The van der Waals surface area contributed by atoms with Crippen LogP contribution in [-0.2, 0) is 9.59 Å². The first-order valence-corrected chi connectivity index (χ1v) is 7.57. The van der Waals surface area contributed by atoms with E-state index in [-0.39, 0.29) is 12.5 Å². The lowest BCUT2D eigenvalue weighted by atomic mass is 10.1. The highest BCUT2D eigenvalue weighted by Crippen LogP contribution is 2.34. The van der Waals surface area contributed by atoms with Gasteiger partial charge >= 0.3 is 5.97 Å². The zero-order valence-corrected chi connectivity index (χ0v) is 13.7. The molecule has 7 heteroatoms. The standard InChI is InChI=1S/C16H23N3O4/c1-11(16(21)22)9-17-12-4-5-14-13(8-12)19(7-6-18(2)3)15(20)10-23-14/h4-5,8,11,17H,6-7,9-10H2,1-3H3,(H,21,22). The van der Waals surface area contributed by atoms with Crippen molar-refractivity contribution in [2.45, 2.75) is 6.92 Å². The van der Waals surface area contributed by atoms with Gasteiger partial charge in [0, 0.05) is 25.3 Å². The molecule has 0 radical (unpaired) electrons. The smallest absolute Gasteiger partial charge is 0.308 e. The van der Waals surface area contributed by atoms with E-state index in [1.807, 2.05) is 31.1 Å². The highest BCUT2D eigenvalue weighted by atomic mass is 16.5. The summed E-state index contributed by atoms with van der Waals surface area (Å²) in [5, 5.41) is 12.0. The molecular weight excluding hydrogens is 298 g/mol. The molecular formula is C16H23N3O4. The lowest BCUT2D eigenvalue weighted by Crippen LogP contribution is -2.42. The number of carbonyl (C=O) groups is 2. The number of benzene rings is 1. The van der Waals surface area contributed by atoms with E-state index in [1.54, 1.807) is 17.9 Å². The molecule has 1 aromatic carbocycles. The summed E-state index contributed by atoms with van der Waals surface area (Å²) in [7, 11) is 3.91. The summed E-state index contributed by atoms with van der Waals surface area (Å²) in [5.74, 6) is -0.745. The van der Waals surface area contributed by atoms with Crippen LogP contribution in [0.1, 0.15) is 6.92 Å². The Balaban J connectivity index is 2.14. The zero-order chi connectivity index (χ0) is 17.0. The number of rotatable bonds is 7. The Labute approximate surface area is 135 Å². The molecule has 1 aliphatic rings. The number of carboxylic acid groups (broad SMARTS) is 1. The van der Waals surface area contributed by atoms with Crippen molar-refractivity contribution in [1.29, 1.82) is 0 Å². The number of likely N-dealkylation sites (N-methyl/N-ethyl adjacent to an activating group) is 1. The van der Waals surface area contributed by atoms with Crippen LogP contribution in [0.25, 0.3) is 0 Å². The van der Waals surface area contributed by atoms with Crippen molar-refractivity contribution in [2.75, 3.05) is 50.6 Å². The van der Waals surface area contributed by atoms with Gasteiger partial charge in [0.2, 0.25) is 0 Å². The Morgan fingerprint density at radius 3 is 2.87 bits per heavy atom. The molecule has 0 aromatic heterocycles. The van der Waals surface area contributed by atoms with Crippen molar-refractivity contribution in [3.63, 3.8) is 0 Å². The number of fused-ring (bicyclic) bond motifs is 1. The lowest BCUT2D eigenvalue weighted by molar-refractivity contribution is -0.140. The number of carboxylic acids is 1. The second-order valence-electron chi connectivity index (χ2n) is 5.94. The van der Waals surface area contributed by atoms with Gasteiger partial charge in [-0.3, -0.25) is 9.59 Å². The Bertz CT molecular complexity index is 589. The summed E-state index contributed by atoms with van der Waals surface area (Å²) in [4.78, 5) is 26.7. The maximum Gasteiger partial charge on any atom is 0.308 e. The summed E-state index contributed by atoms with van der Waals surface area (Å²) >= 11 is 0. The van der Waals surface area contributed by atoms with Gasteiger partial charge in [-0.25, -0.2) is 0 Å². The van der Waals surface area contributed by atoms with Gasteiger partial charge in [0.15, 0.2) is 6.61 Å². The predicted molar refractivity (Wildman–Crippen MR) is 88.1 cm³/mol. The molecule has 0 saturated heterocycles. The van der Waals surface area contributed by atoms with E-state index < -0.39 is 11.9 Å². The molecule has 1 atom stereocenters. The van der Waals surface area contributed by atoms with Crippen LogP contribution in [0.2, 0.25) is 0 Å². The lowest BCUT2D eigenvalue weighted by Gasteiger charge is -2.30. The largest absolute Gasteiger partial charge is 0.482 e. The summed E-state index contributed by atoms with van der Waals surface area (Å²) in [6.07, 6.45) is 0. The number of anilines is 2. The molecule has 126 valence electrons. The monoisotopic (exact) mass is 321 g/mol. The Morgan fingerprint density at radius 1 is 1.48 bits per heavy atom. The number of amides is 1. The van der Waals surface area contributed by atoms with Gasteiger partial charge in [0.1, 0.15) is 5.75 Å². The minimum atomic E-state index is -0.846. The molecule has 1 heterocycles. The maximum atomic E-state index is 12.1. The minimum Gasteiger partial charge on any atom is -0.482 e. The summed E-state index contributed by atoms with van der Waals surface area (Å²) in [6.45, 7) is 3.34. The zero-order valence-electron chi connectivity index (χ0n) is 13.7. The molecule has 1 amide bonds. The molecule has 7 nitrogen and oxygen atoms in total. The number of hydrogen-bond acceptors (Lipinski definition) is 5. The minimum absolute atomic E-state index is 0.0449. The summed E-state index contributed by atoms with van der Waals surface area (Å²) < 4.78 is 5.46. The van der Waals surface area contributed by atoms with Crippen molar-refractivity contribution >= 4 is 23.3 Å². The van der Waals surface area contributed by atoms with Gasteiger partial charge in [-0.1, -0.05) is 6.92 Å². The highest BCUT2D eigenvalue weighted by molar-refractivity contribution is 5.98. The van der Waals surface area contributed by atoms with Crippen LogP contribution in [0.5, 0.6) is 5.75 Å². The maximum absolute atomic E-state index is 12.1. The van der Waals surface area contributed by atoms with Gasteiger partial charge < -0.3 is 25.0 Å². The van der Waals surface area contributed by atoms with Gasteiger partial charge in [0.05, 0.1) is 11.6 Å². The van der Waals surface area contributed by atoms with E-state index in [9.17, 15) is 9.59 Å². The Hall–Kier alpha value is -2.28. The third-order valence-corrected chi connectivity index (χ3v) is 3.71. The van der Waals surface area contributed by atoms with Crippen molar-refractivity contribution in [3.05, 3.63) is 18.2 Å². The second-order valence-corrected chi connectivity index (χ2v) is 5.94. The third kappa shape index (κ3) is 4.35. The molecule has 23 heavy (non-hydrogen) atoms. The van der Waals surface area contributed by atoms with Crippen LogP contribution in [0, 0.1) is 5.92 Å². The van der Waals surface area contributed by atoms with Gasteiger partial charge in [-0.15, -0.1) is 0 Å². The van der Waals surface area contributed by atoms with Crippen molar-refractivity contribution in [2.24, 2.45) is 5.92 Å². The fourth-order valence-corrected chi connectivity index (χ4v) is 2.22. The first kappa shape index (κ1) is 17.1. The Kier molecular flexibility index (Phi) is 5.44. The number of nitrogens with zero attached hydrogens (tertiary/aromatic N) is 2. The molecule has 1 unspecified atom stereocenters. The summed E-state index contributed by atoms with van der Waals surface area (Å²) in [5.41, 5.74) is 1.49. The Morgan fingerprint density at radius 2 is 2.22 bits per heavy atom. The fourth-order valence-electron chi connectivity index (χ4n) is 2.22. The molecule has 2 N–H and O–H groups in total. The average Bonchev–Trinajstić information content (AvgIpc) is 2.51. The molecule has 0 fully saturated rings. The molecule has 0 spiro atoms. The molecule has 1 aromatic rings. The van der Waals surface area contributed by atoms with Gasteiger partial charge in [-0.2, -0.15) is 0 Å². The van der Waals surface area contributed by atoms with E-state index in [2.05, 4.69) is 5.32 Å². The predicted octanol–water partition coefficient (Wildman–Crippen LogP) is 1.11. The van der Waals surface area contributed by atoms with E-state index >= 15 is 0 Å². The van der Waals surface area contributed by atoms with Crippen LogP contribution in [0.3, 0.4) is 0 Å². The van der Waals surface area contributed by atoms with Crippen molar-refractivity contribution in [3.8, 4) is 5.75 Å². The van der Waals surface area contributed by atoms with E-state index in [0.29, 0.717) is 18.8 Å². The third-order valence-electron chi connectivity index (χ3n) is 3.71. The van der Waals surface area contributed by atoms with Crippen LogP contribution < -0.4 is 15.0 Å². The normalized spacial score (nSPS) is 15.1. The van der Waals surface area contributed by atoms with Crippen LogP contribution in [-0.4, -0.2) is 62.2 Å². The fraction of sp³-hybridized carbons (Fsp3) is 0.500. The SMILES string of the molecule is CC(CNc1ccc2c(c1)N(CCN(C)C)C(=O)CO2)C(=O)O.